The van der Waals surface area contributed by atoms with E-state index in [1.54, 1.807) is 6.07 Å². The van der Waals surface area contributed by atoms with E-state index in [1.807, 2.05) is 24.3 Å². The number of benzene rings is 2. The summed E-state index contributed by atoms with van der Waals surface area (Å²) < 4.78 is 6.10. The standard InChI is InChI=1S/C17H17NO2/c1-18-9-14-12-4-2-3-5-16(12)20-17-7-6-11(19)8-13(17)15(14)10-18/h2-8,14-15,19H,9-10H2,1H3/t14-,15-/m0/s1. The van der Waals surface area contributed by atoms with Gasteiger partial charge in [0.25, 0.3) is 0 Å². The van der Waals surface area contributed by atoms with E-state index in [0.717, 1.165) is 30.2 Å². The maximum absolute atomic E-state index is 9.81. The van der Waals surface area contributed by atoms with Crippen molar-refractivity contribution in [2.24, 2.45) is 0 Å². The monoisotopic (exact) mass is 267 g/mol. The Kier molecular flexibility index (Phi) is 2.51. The summed E-state index contributed by atoms with van der Waals surface area (Å²) in [6, 6.07) is 13.7. The molecule has 0 unspecified atom stereocenters. The highest BCUT2D eigenvalue weighted by Crippen LogP contribution is 2.49. The van der Waals surface area contributed by atoms with Crippen LogP contribution in [0.3, 0.4) is 0 Å². The van der Waals surface area contributed by atoms with Gasteiger partial charge in [-0.2, -0.15) is 0 Å². The van der Waals surface area contributed by atoms with E-state index in [2.05, 4.69) is 24.1 Å². The molecule has 0 bridgehead atoms. The Labute approximate surface area is 118 Å². The first-order chi connectivity index (χ1) is 9.72. The van der Waals surface area contributed by atoms with Crippen molar-refractivity contribution in [1.82, 2.24) is 4.90 Å². The molecule has 1 fully saturated rings. The highest BCUT2D eigenvalue weighted by Gasteiger charge is 2.38. The molecule has 0 amide bonds. The number of phenolic OH excluding ortho intramolecular Hbond substituents is 1. The highest BCUT2D eigenvalue weighted by molar-refractivity contribution is 5.52. The smallest absolute Gasteiger partial charge is 0.131 e. The van der Waals surface area contributed by atoms with Crippen molar-refractivity contribution in [3.05, 3.63) is 53.6 Å². The normalized spacial score (nSPS) is 24.2. The quantitative estimate of drug-likeness (QED) is 0.795. The first kappa shape index (κ1) is 11.8. The van der Waals surface area contributed by atoms with E-state index in [1.165, 1.54) is 5.56 Å². The van der Waals surface area contributed by atoms with Crippen molar-refractivity contribution in [1.29, 1.82) is 0 Å². The van der Waals surface area contributed by atoms with E-state index in [9.17, 15) is 5.11 Å². The summed E-state index contributed by atoms with van der Waals surface area (Å²) in [4.78, 5) is 2.35. The Morgan fingerprint density at radius 1 is 1.00 bits per heavy atom. The fourth-order valence-corrected chi connectivity index (χ4v) is 3.55. The average Bonchev–Trinajstić information content (AvgIpc) is 2.78. The Morgan fingerprint density at radius 3 is 2.55 bits per heavy atom. The molecule has 102 valence electrons. The van der Waals surface area contributed by atoms with Crippen LogP contribution in [0, 0.1) is 0 Å². The predicted octanol–water partition coefficient (Wildman–Crippen LogP) is 3.31. The van der Waals surface area contributed by atoms with E-state index in [-0.39, 0.29) is 0 Å². The molecule has 0 aliphatic carbocycles. The maximum atomic E-state index is 9.81. The predicted molar refractivity (Wildman–Crippen MR) is 77.6 cm³/mol. The molecular weight excluding hydrogens is 250 g/mol. The van der Waals surface area contributed by atoms with Gasteiger partial charge < -0.3 is 14.7 Å². The topological polar surface area (TPSA) is 32.7 Å². The zero-order valence-electron chi connectivity index (χ0n) is 11.4. The molecule has 0 saturated carbocycles. The molecule has 4 rings (SSSR count). The van der Waals surface area contributed by atoms with E-state index in [4.69, 9.17) is 4.74 Å². The Balaban J connectivity index is 1.93. The van der Waals surface area contributed by atoms with Crippen LogP contribution in [0.15, 0.2) is 42.5 Å². The molecule has 3 nitrogen and oxygen atoms in total. The summed E-state index contributed by atoms with van der Waals surface area (Å²) in [6.07, 6.45) is 0. The molecule has 0 aromatic heterocycles. The van der Waals surface area contributed by atoms with Crippen molar-refractivity contribution < 1.29 is 9.84 Å². The van der Waals surface area contributed by atoms with Crippen LogP contribution in [0.5, 0.6) is 17.2 Å². The SMILES string of the molecule is CN1C[C@H]2c3ccccc3Oc3ccc(O)cc3[C@@H]2C1. The summed E-state index contributed by atoms with van der Waals surface area (Å²) in [6.45, 7) is 2.03. The van der Waals surface area contributed by atoms with Crippen LogP contribution < -0.4 is 4.74 Å². The molecule has 2 aliphatic rings. The third-order valence-electron chi connectivity index (χ3n) is 4.43. The molecular formula is C17H17NO2. The van der Waals surface area contributed by atoms with Crippen molar-refractivity contribution in [3.63, 3.8) is 0 Å². The molecule has 2 atom stereocenters. The Bertz CT molecular complexity index is 668. The molecule has 2 aliphatic heterocycles. The fourth-order valence-electron chi connectivity index (χ4n) is 3.55. The van der Waals surface area contributed by atoms with Crippen molar-refractivity contribution in [2.45, 2.75) is 11.8 Å². The average molecular weight is 267 g/mol. The van der Waals surface area contributed by atoms with Gasteiger partial charge in [-0.05, 0) is 36.9 Å². The molecule has 2 aromatic rings. The first-order valence-electron chi connectivity index (χ1n) is 7.00. The number of hydrogen-bond acceptors (Lipinski definition) is 3. The van der Waals surface area contributed by atoms with E-state index < -0.39 is 0 Å². The van der Waals surface area contributed by atoms with Crippen molar-refractivity contribution >= 4 is 0 Å². The van der Waals surface area contributed by atoms with Crippen molar-refractivity contribution in [2.75, 3.05) is 20.1 Å². The Hall–Kier alpha value is -2.00. The molecule has 20 heavy (non-hydrogen) atoms. The van der Waals surface area contributed by atoms with Gasteiger partial charge >= 0.3 is 0 Å². The number of nitrogens with zero attached hydrogens (tertiary/aromatic N) is 1. The lowest BCUT2D eigenvalue weighted by Crippen LogP contribution is -2.14. The third-order valence-corrected chi connectivity index (χ3v) is 4.43. The van der Waals surface area contributed by atoms with Gasteiger partial charge in [0, 0.05) is 30.5 Å². The summed E-state index contributed by atoms with van der Waals surface area (Å²) in [5.74, 6) is 2.94. The number of fused-ring (bicyclic) bond motifs is 5. The lowest BCUT2D eigenvalue weighted by Gasteiger charge is -2.17. The zero-order valence-corrected chi connectivity index (χ0v) is 11.4. The largest absolute Gasteiger partial charge is 0.508 e. The molecule has 2 aromatic carbocycles. The molecule has 0 radical (unpaired) electrons. The molecule has 1 N–H and O–H groups in total. The van der Waals surface area contributed by atoms with Gasteiger partial charge in [-0.25, -0.2) is 0 Å². The van der Waals surface area contributed by atoms with Gasteiger partial charge in [-0.15, -0.1) is 0 Å². The molecule has 3 heteroatoms. The number of aromatic hydroxyl groups is 1. The summed E-state index contributed by atoms with van der Waals surface area (Å²) in [5, 5.41) is 9.81. The second kappa shape index (κ2) is 4.25. The number of hydrogen-bond donors (Lipinski definition) is 1. The van der Waals surface area contributed by atoms with Gasteiger partial charge in [-0.1, -0.05) is 18.2 Å². The number of ether oxygens (including phenoxy) is 1. The second-order valence-corrected chi connectivity index (χ2v) is 5.80. The number of likely N-dealkylation sites (N-methyl/N-ethyl adjacent to an activating group) is 1. The van der Waals surface area contributed by atoms with Gasteiger partial charge in [0.15, 0.2) is 0 Å². The van der Waals surface area contributed by atoms with Gasteiger partial charge in [0.05, 0.1) is 0 Å². The van der Waals surface area contributed by atoms with Crippen LogP contribution in [0.4, 0.5) is 0 Å². The summed E-state index contributed by atoms with van der Waals surface area (Å²) >= 11 is 0. The number of phenols is 1. The van der Waals surface area contributed by atoms with Gasteiger partial charge in [0.2, 0.25) is 0 Å². The third kappa shape index (κ3) is 1.70. The van der Waals surface area contributed by atoms with Crippen molar-refractivity contribution in [3.8, 4) is 17.2 Å². The summed E-state index contributed by atoms with van der Waals surface area (Å²) in [7, 11) is 2.15. The van der Waals surface area contributed by atoms with Crippen LogP contribution in [-0.2, 0) is 0 Å². The van der Waals surface area contributed by atoms with E-state index in [0.29, 0.717) is 17.6 Å². The van der Waals surface area contributed by atoms with Crippen LogP contribution in [-0.4, -0.2) is 30.1 Å². The maximum Gasteiger partial charge on any atom is 0.131 e. The number of para-hydroxylation sites is 1. The molecule has 0 spiro atoms. The lowest BCUT2D eigenvalue weighted by atomic mass is 9.84. The first-order valence-corrected chi connectivity index (χ1v) is 7.00. The van der Waals surface area contributed by atoms with Gasteiger partial charge in [0.1, 0.15) is 17.2 Å². The highest BCUT2D eigenvalue weighted by atomic mass is 16.5. The van der Waals surface area contributed by atoms with Gasteiger partial charge in [-0.3, -0.25) is 0 Å². The summed E-state index contributed by atoms with van der Waals surface area (Å²) in [5.41, 5.74) is 2.40. The molecule has 1 saturated heterocycles. The second-order valence-electron chi connectivity index (χ2n) is 5.80. The Morgan fingerprint density at radius 2 is 1.70 bits per heavy atom. The minimum Gasteiger partial charge on any atom is -0.508 e. The minimum atomic E-state index is 0.312. The zero-order chi connectivity index (χ0) is 13.7. The lowest BCUT2D eigenvalue weighted by molar-refractivity contribution is 0.400. The van der Waals surface area contributed by atoms with E-state index >= 15 is 0 Å². The number of rotatable bonds is 0. The van der Waals surface area contributed by atoms with Crippen LogP contribution in [0.25, 0.3) is 0 Å². The van der Waals surface area contributed by atoms with Crippen LogP contribution >= 0.6 is 0 Å². The van der Waals surface area contributed by atoms with Crippen LogP contribution in [0.1, 0.15) is 23.0 Å². The van der Waals surface area contributed by atoms with Crippen LogP contribution in [0.2, 0.25) is 0 Å². The minimum absolute atomic E-state index is 0.312. The fraction of sp³-hybridized carbons (Fsp3) is 0.294. The molecule has 2 heterocycles. The number of likely N-dealkylation sites (tertiary alicyclic amines) is 1.